The molecule has 0 unspecified atom stereocenters. The fourth-order valence-electron chi connectivity index (χ4n) is 4.86. The second-order valence-electron chi connectivity index (χ2n) is 8.09. The van der Waals surface area contributed by atoms with Crippen molar-refractivity contribution in [2.75, 3.05) is 0 Å². The molecular formula is C23H21FN2O2S. The molecule has 148 valence electrons. The topological polar surface area (TPSA) is 52.0 Å². The van der Waals surface area contributed by atoms with Crippen LogP contribution in [0.15, 0.2) is 71.3 Å². The molecule has 0 spiro atoms. The SMILES string of the molecule is C[C@]12Cc3cnn(-c4ccc(F)cc4)c3C=C1CC[C@H]2S(=O)(=O)c1ccccc1. The largest absolute Gasteiger partial charge is 0.233 e. The molecule has 0 radical (unpaired) electrons. The Morgan fingerprint density at radius 1 is 1.10 bits per heavy atom. The van der Waals surface area contributed by atoms with Crippen LogP contribution in [0.4, 0.5) is 4.39 Å². The maximum Gasteiger partial charge on any atom is 0.182 e. The van der Waals surface area contributed by atoms with Crippen molar-refractivity contribution in [3.05, 3.63) is 83.4 Å². The van der Waals surface area contributed by atoms with Gasteiger partial charge in [-0.2, -0.15) is 5.10 Å². The Kier molecular flexibility index (Phi) is 4.03. The molecule has 1 heterocycles. The summed E-state index contributed by atoms with van der Waals surface area (Å²) in [5.74, 6) is -0.287. The zero-order valence-electron chi connectivity index (χ0n) is 16.0. The molecule has 4 nitrogen and oxygen atoms in total. The Hall–Kier alpha value is -2.73. The molecule has 2 aromatic carbocycles. The highest BCUT2D eigenvalue weighted by Crippen LogP contribution is 2.53. The quantitative estimate of drug-likeness (QED) is 0.637. The number of nitrogens with zero attached hydrogens (tertiary/aromatic N) is 2. The number of sulfone groups is 1. The Bertz CT molecular complexity index is 1210. The van der Waals surface area contributed by atoms with E-state index >= 15 is 0 Å². The summed E-state index contributed by atoms with van der Waals surface area (Å²) < 4.78 is 41.9. The van der Waals surface area contributed by atoms with E-state index in [-0.39, 0.29) is 5.82 Å². The monoisotopic (exact) mass is 408 g/mol. The summed E-state index contributed by atoms with van der Waals surface area (Å²) in [7, 11) is -3.43. The highest BCUT2D eigenvalue weighted by molar-refractivity contribution is 7.92. The normalized spacial score (nSPS) is 23.4. The minimum Gasteiger partial charge on any atom is -0.233 e. The molecule has 0 aliphatic heterocycles. The third kappa shape index (κ3) is 2.77. The van der Waals surface area contributed by atoms with Gasteiger partial charge < -0.3 is 0 Å². The standard InChI is InChI=1S/C23H21FN2O2S/c1-23-14-16-15-25-26(19-10-8-18(24)9-11-19)21(16)13-17(23)7-12-22(23)29(27,28)20-5-3-2-4-6-20/h2-6,8-11,13,15,22H,7,12,14H2,1H3/t22-,23+/m1/s1. The number of hydrogen-bond acceptors (Lipinski definition) is 3. The van der Waals surface area contributed by atoms with Gasteiger partial charge in [-0.05, 0) is 67.3 Å². The lowest BCUT2D eigenvalue weighted by atomic mass is 9.75. The van der Waals surface area contributed by atoms with E-state index in [1.807, 2.05) is 12.3 Å². The summed E-state index contributed by atoms with van der Waals surface area (Å²) >= 11 is 0. The molecule has 1 aromatic heterocycles. The number of halogens is 1. The second-order valence-corrected chi connectivity index (χ2v) is 10.2. The first-order valence-electron chi connectivity index (χ1n) is 9.72. The Morgan fingerprint density at radius 3 is 2.55 bits per heavy atom. The first kappa shape index (κ1) is 18.3. The van der Waals surface area contributed by atoms with Crippen LogP contribution in [0, 0.1) is 11.2 Å². The molecule has 3 aromatic rings. The summed E-state index contributed by atoms with van der Waals surface area (Å²) in [5.41, 5.74) is 3.48. The van der Waals surface area contributed by atoms with E-state index in [4.69, 9.17) is 0 Å². The first-order valence-corrected chi connectivity index (χ1v) is 11.3. The predicted molar refractivity (Wildman–Crippen MR) is 110 cm³/mol. The van der Waals surface area contributed by atoms with Crippen molar-refractivity contribution in [1.82, 2.24) is 9.78 Å². The van der Waals surface area contributed by atoms with Crippen molar-refractivity contribution in [3.63, 3.8) is 0 Å². The van der Waals surface area contributed by atoms with Crippen molar-refractivity contribution >= 4 is 15.9 Å². The maximum atomic E-state index is 13.4. The molecule has 2 aliphatic rings. The summed E-state index contributed by atoms with van der Waals surface area (Å²) in [6.07, 6.45) is 5.90. The molecule has 0 bridgehead atoms. The van der Waals surface area contributed by atoms with Crippen LogP contribution in [-0.4, -0.2) is 23.4 Å². The van der Waals surface area contributed by atoms with Gasteiger partial charge in [0, 0.05) is 5.41 Å². The van der Waals surface area contributed by atoms with Crippen LogP contribution < -0.4 is 0 Å². The van der Waals surface area contributed by atoms with Gasteiger partial charge in [-0.25, -0.2) is 17.5 Å². The molecule has 5 rings (SSSR count). The van der Waals surface area contributed by atoms with E-state index in [9.17, 15) is 12.8 Å². The Morgan fingerprint density at radius 2 is 1.83 bits per heavy atom. The minimum absolute atomic E-state index is 0.287. The van der Waals surface area contributed by atoms with E-state index in [2.05, 4.69) is 18.1 Å². The van der Waals surface area contributed by atoms with Gasteiger partial charge in [-0.3, -0.25) is 0 Å². The zero-order valence-corrected chi connectivity index (χ0v) is 16.9. The molecular weight excluding hydrogens is 387 g/mol. The third-order valence-electron chi connectivity index (χ3n) is 6.39. The van der Waals surface area contributed by atoms with Gasteiger partial charge >= 0.3 is 0 Å². The first-order chi connectivity index (χ1) is 13.9. The van der Waals surface area contributed by atoms with Crippen molar-refractivity contribution in [1.29, 1.82) is 0 Å². The lowest BCUT2D eigenvalue weighted by Crippen LogP contribution is -2.38. The molecule has 1 fully saturated rings. The van der Waals surface area contributed by atoms with Gasteiger partial charge in [-0.15, -0.1) is 0 Å². The number of hydrogen-bond donors (Lipinski definition) is 0. The molecule has 1 saturated carbocycles. The highest BCUT2D eigenvalue weighted by atomic mass is 32.2. The summed E-state index contributed by atoms with van der Waals surface area (Å²) in [4.78, 5) is 0.389. The molecule has 6 heteroatoms. The number of fused-ring (bicyclic) bond motifs is 2. The fourth-order valence-corrected chi connectivity index (χ4v) is 7.08. The summed E-state index contributed by atoms with van der Waals surface area (Å²) in [6, 6.07) is 15.0. The average Bonchev–Trinajstić information content (AvgIpc) is 3.27. The van der Waals surface area contributed by atoms with Crippen LogP contribution in [0.1, 0.15) is 31.0 Å². The number of rotatable bonds is 3. The van der Waals surface area contributed by atoms with Crippen LogP contribution in [0.2, 0.25) is 0 Å². The Labute approximate surface area is 169 Å². The van der Waals surface area contributed by atoms with E-state index < -0.39 is 20.5 Å². The van der Waals surface area contributed by atoms with Gasteiger partial charge in [0.15, 0.2) is 9.84 Å². The Balaban J connectivity index is 1.56. The third-order valence-corrected chi connectivity index (χ3v) is 8.83. The lowest BCUT2D eigenvalue weighted by Gasteiger charge is -2.35. The van der Waals surface area contributed by atoms with E-state index in [0.29, 0.717) is 17.7 Å². The summed E-state index contributed by atoms with van der Waals surface area (Å²) in [6.45, 7) is 2.06. The fraction of sp³-hybridized carbons (Fsp3) is 0.261. The van der Waals surface area contributed by atoms with E-state index in [0.717, 1.165) is 28.9 Å². The molecule has 29 heavy (non-hydrogen) atoms. The van der Waals surface area contributed by atoms with Gasteiger partial charge in [0.1, 0.15) is 5.82 Å². The highest BCUT2D eigenvalue weighted by Gasteiger charge is 2.51. The predicted octanol–water partition coefficient (Wildman–Crippen LogP) is 4.59. The van der Waals surface area contributed by atoms with Crippen LogP contribution >= 0.6 is 0 Å². The van der Waals surface area contributed by atoms with E-state index in [1.165, 1.54) is 12.1 Å². The van der Waals surface area contributed by atoms with Crippen molar-refractivity contribution in [2.24, 2.45) is 5.41 Å². The number of allylic oxidation sites excluding steroid dienone is 1. The maximum absolute atomic E-state index is 13.4. The molecule has 0 N–H and O–H groups in total. The van der Waals surface area contributed by atoms with Crippen LogP contribution in [0.3, 0.4) is 0 Å². The second kappa shape index (κ2) is 6.39. The van der Waals surface area contributed by atoms with Crippen molar-refractivity contribution in [2.45, 2.75) is 36.3 Å². The molecule has 0 amide bonds. The van der Waals surface area contributed by atoms with Crippen LogP contribution in [0.5, 0.6) is 0 Å². The van der Waals surface area contributed by atoms with Crippen molar-refractivity contribution < 1.29 is 12.8 Å². The zero-order chi connectivity index (χ0) is 20.2. The van der Waals surface area contributed by atoms with Crippen LogP contribution in [0.25, 0.3) is 11.8 Å². The molecule has 2 aliphatic carbocycles. The van der Waals surface area contributed by atoms with E-state index in [1.54, 1.807) is 41.1 Å². The number of aromatic nitrogens is 2. The van der Waals surface area contributed by atoms with Crippen molar-refractivity contribution in [3.8, 4) is 5.69 Å². The lowest BCUT2D eigenvalue weighted by molar-refractivity contribution is 0.399. The summed E-state index contributed by atoms with van der Waals surface area (Å²) in [5, 5.41) is 4.05. The van der Waals surface area contributed by atoms with Gasteiger partial charge in [0.05, 0.1) is 27.7 Å². The number of benzene rings is 2. The van der Waals surface area contributed by atoms with Gasteiger partial charge in [0.25, 0.3) is 0 Å². The average molecular weight is 408 g/mol. The van der Waals surface area contributed by atoms with Crippen LogP contribution in [-0.2, 0) is 16.3 Å². The minimum atomic E-state index is -3.43. The molecule has 2 atom stereocenters. The molecule has 0 saturated heterocycles. The van der Waals surface area contributed by atoms with Gasteiger partial charge in [0.2, 0.25) is 0 Å². The van der Waals surface area contributed by atoms with Gasteiger partial charge in [-0.1, -0.05) is 30.7 Å². The smallest absolute Gasteiger partial charge is 0.182 e.